The first-order valence-electron chi connectivity index (χ1n) is 6.88. The SMILES string of the molecule is O=C(NCC1CCC1)[C@H]1C[C@@H]1c1ccc(F)cc1F. The summed E-state index contributed by atoms with van der Waals surface area (Å²) in [6, 6.07) is 3.59. The largest absolute Gasteiger partial charge is 0.356 e. The van der Waals surface area contributed by atoms with E-state index in [1.165, 1.54) is 31.4 Å². The monoisotopic (exact) mass is 265 g/mol. The molecule has 0 radical (unpaired) electrons. The number of benzene rings is 1. The number of hydrogen-bond acceptors (Lipinski definition) is 1. The van der Waals surface area contributed by atoms with Gasteiger partial charge in [0.25, 0.3) is 0 Å². The number of carbonyl (C=O) groups is 1. The Morgan fingerprint density at radius 1 is 1.32 bits per heavy atom. The molecule has 4 heteroatoms. The fraction of sp³-hybridized carbons (Fsp3) is 0.533. The highest BCUT2D eigenvalue weighted by Crippen LogP contribution is 2.48. The molecular weight excluding hydrogens is 248 g/mol. The molecule has 0 spiro atoms. The molecular formula is C15H17F2NO. The van der Waals surface area contributed by atoms with E-state index < -0.39 is 11.6 Å². The van der Waals surface area contributed by atoms with Gasteiger partial charge in [-0.2, -0.15) is 0 Å². The zero-order valence-electron chi connectivity index (χ0n) is 10.7. The molecule has 3 rings (SSSR count). The lowest BCUT2D eigenvalue weighted by Gasteiger charge is -2.25. The topological polar surface area (TPSA) is 29.1 Å². The van der Waals surface area contributed by atoms with Gasteiger partial charge in [0, 0.05) is 18.5 Å². The molecule has 19 heavy (non-hydrogen) atoms. The van der Waals surface area contributed by atoms with Crippen LogP contribution in [0.15, 0.2) is 18.2 Å². The van der Waals surface area contributed by atoms with E-state index >= 15 is 0 Å². The molecule has 1 N–H and O–H groups in total. The van der Waals surface area contributed by atoms with Gasteiger partial charge in [0.15, 0.2) is 0 Å². The van der Waals surface area contributed by atoms with Gasteiger partial charge in [-0.15, -0.1) is 0 Å². The van der Waals surface area contributed by atoms with E-state index in [9.17, 15) is 13.6 Å². The van der Waals surface area contributed by atoms with Crippen LogP contribution < -0.4 is 5.32 Å². The number of rotatable bonds is 4. The summed E-state index contributed by atoms with van der Waals surface area (Å²) in [6.07, 6.45) is 4.31. The third kappa shape index (κ3) is 2.62. The van der Waals surface area contributed by atoms with Gasteiger partial charge in [-0.3, -0.25) is 4.79 Å². The Bertz CT molecular complexity index is 499. The Balaban J connectivity index is 1.55. The smallest absolute Gasteiger partial charge is 0.223 e. The Labute approximate surface area is 111 Å². The normalized spacial score (nSPS) is 25.8. The average Bonchev–Trinajstić information content (AvgIpc) is 3.06. The van der Waals surface area contributed by atoms with Gasteiger partial charge in [0.2, 0.25) is 5.91 Å². The fourth-order valence-corrected chi connectivity index (χ4v) is 2.70. The highest BCUT2D eigenvalue weighted by Gasteiger charge is 2.45. The van der Waals surface area contributed by atoms with E-state index in [0.717, 1.165) is 12.6 Å². The maximum Gasteiger partial charge on any atom is 0.223 e. The Morgan fingerprint density at radius 2 is 2.11 bits per heavy atom. The molecule has 0 saturated heterocycles. The molecule has 2 aliphatic carbocycles. The second-order valence-corrected chi connectivity index (χ2v) is 5.66. The molecule has 2 nitrogen and oxygen atoms in total. The highest BCUT2D eigenvalue weighted by atomic mass is 19.1. The fourth-order valence-electron chi connectivity index (χ4n) is 2.70. The molecule has 0 heterocycles. The van der Waals surface area contributed by atoms with Crippen LogP contribution in [0.25, 0.3) is 0 Å². The van der Waals surface area contributed by atoms with Crippen molar-refractivity contribution in [3.63, 3.8) is 0 Å². The molecule has 1 amide bonds. The summed E-state index contributed by atoms with van der Waals surface area (Å²) in [5.41, 5.74) is 0.463. The Kier molecular flexibility index (Phi) is 3.25. The molecule has 0 bridgehead atoms. The molecule has 0 unspecified atom stereocenters. The van der Waals surface area contributed by atoms with Crippen LogP contribution >= 0.6 is 0 Å². The molecule has 2 aliphatic rings. The van der Waals surface area contributed by atoms with Crippen LogP contribution in [0.4, 0.5) is 8.78 Å². The maximum absolute atomic E-state index is 13.6. The second-order valence-electron chi connectivity index (χ2n) is 5.66. The summed E-state index contributed by atoms with van der Waals surface area (Å²) < 4.78 is 26.4. The van der Waals surface area contributed by atoms with Gasteiger partial charge in [-0.05, 0) is 42.7 Å². The van der Waals surface area contributed by atoms with Crippen molar-refractivity contribution in [3.8, 4) is 0 Å². The summed E-state index contributed by atoms with van der Waals surface area (Å²) in [4.78, 5) is 11.9. The quantitative estimate of drug-likeness (QED) is 0.891. The van der Waals surface area contributed by atoms with Crippen molar-refractivity contribution < 1.29 is 13.6 Å². The molecule has 0 aliphatic heterocycles. The lowest BCUT2D eigenvalue weighted by atomic mass is 9.85. The van der Waals surface area contributed by atoms with Crippen molar-refractivity contribution in [1.29, 1.82) is 0 Å². The first-order valence-corrected chi connectivity index (χ1v) is 6.88. The van der Waals surface area contributed by atoms with Crippen molar-refractivity contribution in [1.82, 2.24) is 5.32 Å². The van der Waals surface area contributed by atoms with Crippen molar-refractivity contribution >= 4 is 5.91 Å². The molecule has 2 saturated carbocycles. The van der Waals surface area contributed by atoms with Crippen LogP contribution in [0.2, 0.25) is 0 Å². The molecule has 1 aromatic rings. The predicted molar refractivity (Wildman–Crippen MR) is 67.6 cm³/mol. The van der Waals surface area contributed by atoms with Crippen molar-refractivity contribution in [3.05, 3.63) is 35.4 Å². The number of carbonyl (C=O) groups excluding carboxylic acids is 1. The van der Waals surface area contributed by atoms with Crippen LogP contribution in [0.3, 0.4) is 0 Å². The third-order valence-electron chi connectivity index (χ3n) is 4.28. The third-order valence-corrected chi connectivity index (χ3v) is 4.28. The van der Waals surface area contributed by atoms with Crippen LogP contribution in [0.5, 0.6) is 0 Å². The molecule has 102 valence electrons. The molecule has 0 aromatic heterocycles. The van der Waals surface area contributed by atoms with Crippen LogP contribution in [-0.2, 0) is 4.79 Å². The van der Waals surface area contributed by atoms with Gasteiger partial charge >= 0.3 is 0 Å². The minimum Gasteiger partial charge on any atom is -0.356 e. The highest BCUT2D eigenvalue weighted by molar-refractivity contribution is 5.82. The van der Waals surface area contributed by atoms with E-state index in [4.69, 9.17) is 0 Å². The van der Waals surface area contributed by atoms with E-state index in [-0.39, 0.29) is 17.7 Å². The van der Waals surface area contributed by atoms with E-state index in [1.54, 1.807) is 0 Å². The molecule has 2 fully saturated rings. The maximum atomic E-state index is 13.6. The molecule has 1 aromatic carbocycles. The Morgan fingerprint density at radius 3 is 2.74 bits per heavy atom. The van der Waals surface area contributed by atoms with Gasteiger partial charge < -0.3 is 5.32 Å². The van der Waals surface area contributed by atoms with E-state index in [0.29, 0.717) is 17.9 Å². The minimum absolute atomic E-state index is 0.0145. The lowest BCUT2D eigenvalue weighted by molar-refractivity contribution is -0.122. The standard InChI is InChI=1S/C15H17F2NO/c16-10-4-5-11(14(17)6-10)12-7-13(12)15(19)18-8-9-2-1-3-9/h4-6,9,12-13H,1-3,7-8H2,(H,18,19)/t12-,13+/m1/s1. The van der Waals surface area contributed by atoms with E-state index in [2.05, 4.69) is 5.32 Å². The number of amides is 1. The number of hydrogen-bond donors (Lipinski definition) is 1. The molecule has 2 atom stereocenters. The predicted octanol–water partition coefficient (Wildman–Crippen LogP) is 2.98. The van der Waals surface area contributed by atoms with Gasteiger partial charge in [-0.1, -0.05) is 12.5 Å². The van der Waals surface area contributed by atoms with Crippen LogP contribution in [0, 0.1) is 23.5 Å². The summed E-state index contributed by atoms with van der Waals surface area (Å²) in [5, 5.41) is 2.94. The zero-order valence-corrected chi connectivity index (χ0v) is 10.7. The van der Waals surface area contributed by atoms with Crippen molar-refractivity contribution in [2.75, 3.05) is 6.54 Å². The summed E-state index contributed by atoms with van der Waals surface area (Å²) >= 11 is 0. The number of nitrogens with one attached hydrogen (secondary N) is 1. The first kappa shape index (κ1) is 12.6. The lowest BCUT2D eigenvalue weighted by Crippen LogP contribution is -2.33. The summed E-state index contributed by atoms with van der Waals surface area (Å²) in [6.45, 7) is 0.744. The first-order chi connectivity index (χ1) is 9.15. The second kappa shape index (κ2) is 4.91. The Hall–Kier alpha value is -1.45. The minimum atomic E-state index is -0.576. The van der Waals surface area contributed by atoms with Gasteiger partial charge in [-0.25, -0.2) is 8.78 Å². The zero-order chi connectivity index (χ0) is 13.4. The summed E-state index contributed by atoms with van der Waals surface area (Å²) in [5.74, 6) is -0.696. The van der Waals surface area contributed by atoms with Gasteiger partial charge in [0.05, 0.1) is 0 Å². The van der Waals surface area contributed by atoms with Crippen molar-refractivity contribution in [2.24, 2.45) is 11.8 Å². The average molecular weight is 265 g/mol. The van der Waals surface area contributed by atoms with Crippen LogP contribution in [0.1, 0.15) is 37.2 Å². The summed E-state index contributed by atoms with van der Waals surface area (Å²) in [7, 11) is 0. The van der Waals surface area contributed by atoms with E-state index in [1.807, 2.05) is 0 Å². The van der Waals surface area contributed by atoms with Crippen LogP contribution in [-0.4, -0.2) is 12.5 Å². The number of halogens is 2. The van der Waals surface area contributed by atoms with Crippen molar-refractivity contribution in [2.45, 2.75) is 31.6 Å². The van der Waals surface area contributed by atoms with Gasteiger partial charge in [0.1, 0.15) is 11.6 Å².